The number of aliphatic hydroxyl groups excluding tert-OH is 1. The van der Waals surface area contributed by atoms with Crippen LogP contribution in [0, 0.1) is 11.3 Å². The minimum Gasteiger partial charge on any atom is -0.496 e. The molecule has 1 heterocycles. The van der Waals surface area contributed by atoms with Crippen LogP contribution in [0.25, 0.3) is 12.2 Å². The van der Waals surface area contributed by atoms with Gasteiger partial charge >= 0.3 is 0 Å². The third kappa shape index (κ3) is 6.72. The molecule has 1 aliphatic carbocycles. The Bertz CT molecular complexity index is 1340. The summed E-state index contributed by atoms with van der Waals surface area (Å²) in [6.45, 7) is 13.0. The maximum Gasteiger partial charge on any atom is 0.165 e. The summed E-state index contributed by atoms with van der Waals surface area (Å²) in [5.41, 5.74) is 6.34. The molecule has 0 bridgehead atoms. The van der Waals surface area contributed by atoms with Crippen molar-refractivity contribution in [2.75, 3.05) is 21.3 Å². The highest BCUT2D eigenvalue weighted by Crippen LogP contribution is 2.55. The van der Waals surface area contributed by atoms with Gasteiger partial charge in [-0.05, 0) is 113 Å². The van der Waals surface area contributed by atoms with E-state index in [9.17, 15) is 5.11 Å². The Balaban J connectivity index is 1.60. The molecule has 3 atom stereocenters. The molecule has 228 valence electrons. The van der Waals surface area contributed by atoms with Gasteiger partial charge in [0.15, 0.2) is 11.5 Å². The lowest BCUT2D eigenvalue weighted by atomic mass is 9.57. The summed E-state index contributed by atoms with van der Waals surface area (Å²) in [4.78, 5) is 0. The van der Waals surface area contributed by atoms with Gasteiger partial charge in [0.1, 0.15) is 17.1 Å². The SMILES string of the molecule is COc1cc(C=Cc2cc3c(c(OC)c2)O[C@]2(C)CC[C@@H](O)C(C)(C)[C@H]2C3)cc(OC)c1CC=C(C)CCC=C(C)C. The zero-order valence-electron chi connectivity index (χ0n) is 27.1. The number of allylic oxidation sites excluding steroid dienone is 4. The molecule has 1 N–H and O–H groups in total. The van der Waals surface area contributed by atoms with Crippen LogP contribution in [0.1, 0.15) is 89.5 Å². The average molecular weight is 575 g/mol. The van der Waals surface area contributed by atoms with Crippen molar-refractivity contribution in [3.05, 3.63) is 69.8 Å². The quantitative estimate of drug-likeness (QED) is 0.227. The van der Waals surface area contributed by atoms with Crippen LogP contribution >= 0.6 is 0 Å². The first-order valence-electron chi connectivity index (χ1n) is 15.2. The van der Waals surface area contributed by atoms with Crippen molar-refractivity contribution in [3.63, 3.8) is 0 Å². The van der Waals surface area contributed by atoms with E-state index in [1.807, 2.05) is 6.07 Å². The molecule has 5 nitrogen and oxygen atoms in total. The molecule has 2 aromatic rings. The van der Waals surface area contributed by atoms with Gasteiger partial charge in [0.05, 0.1) is 27.4 Å². The first-order chi connectivity index (χ1) is 19.9. The van der Waals surface area contributed by atoms with E-state index in [0.717, 1.165) is 83.8 Å². The predicted molar refractivity (Wildman–Crippen MR) is 173 cm³/mol. The molecule has 42 heavy (non-hydrogen) atoms. The monoisotopic (exact) mass is 574 g/mol. The van der Waals surface area contributed by atoms with Gasteiger partial charge in [-0.15, -0.1) is 0 Å². The molecule has 2 aromatic carbocycles. The Morgan fingerprint density at radius 1 is 0.905 bits per heavy atom. The first kappa shape index (κ1) is 31.7. The second kappa shape index (κ2) is 13.0. The highest BCUT2D eigenvalue weighted by atomic mass is 16.5. The molecule has 0 radical (unpaired) electrons. The van der Waals surface area contributed by atoms with Gasteiger partial charge in [-0.1, -0.05) is 49.3 Å². The standard InChI is InChI=1S/C37H50O5/c1-24(2)11-10-12-25(3)13-16-29-30(39-7)20-27(21-31(29)40-8)15-14-26-19-28-23-33-36(4,5)34(38)17-18-37(33,6)42-35(28)32(22-26)41-9/h11,13-15,19-22,33-34,38H,10,12,16-18,23H2,1-9H3/t33-,34-,37-/m1/s1. The maximum atomic E-state index is 10.8. The number of aliphatic hydroxyl groups is 1. The smallest absolute Gasteiger partial charge is 0.165 e. The molecular weight excluding hydrogens is 524 g/mol. The van der Waals surface area contributed by atoms with Gasteiger partial charge in [0.2, 0.25) is 0 Å². The molecule has 0 aromatic heterocycles. The predicted octanol–water partition coefficient (Wildman–Crippen LogP) is 8.61. The van der Waals surface area contributed by atoms with Crippen LogP contribution < -0.4 is 18.9 Å². The Hall–Kier alpha value is -3.18. The lowest BCUT2D eigenvalue weighted by molar-refractivity contribution is -0.138. The van der Waals surface area contributed by atoms with E-state index in [1.165, 1.54) is 11.1 Å². The summed E-state index contributed by atoms with van der Waals surface area (Å²) in [5.74, 6) is 3.41. The number of fused-ring (bicyclic) bond motifs is 2. The fourth-order valence-corrected chi connectivity index (χ4v) is 6.70. The van der Waals surface area contributed by atoms with Crippen LogP contribution in [0.15, 0.2) is 47.6 Å². The van der Waals surface area contributed by atoms with Crippen molar-refractivity contribution < 1.29 is 24.1 Å². The summed E-state index contributed by atoms with van der Waals surface area (Å²) < 4.78 is 24.1. The largest absolute Gasteiger partial charge is 0.496 e. The zero-order valence-corrected chi connectivity index (χ0v) is 27.1. The summed E-state index contributed by atoms with van der Waals surface area (Å²) in [5, 5.41) is 10.8. The number of benzene rings is 2. The van der Waals surface area contributed by atoms with Gasteiger partial charge in [-0.25, -0.2) is 0 Å². The fraction of sp³-hybridized carbons (Fsp3) is 0.514. The number of methoxy groups -OCH3 is 3. The molecule has 5 heteroatoms. The fourth-order valence-electron chi connectivity index (χ4n) is 6.70. The topological polar surface area (TPSA) is 57.2 Å². The maximum absolute atomic E-state index is 10.8. The Kier molecular flexibility index (Phi) is 9.82. The molecule has 1 fully saturated rings. The number of hydrogen-bond acceptors (Lipinski definition) is 5. The number of hydrogen-bond donors (Lipinski definition) is 1. The molecule has 1 aliphatic heterocycles. The van der Waals surface area contributed by atoms with E-state index in [2.05, 4.69) is 84.0 Å². The van der Waals surface area contributed by atoms with Crippen molar-refractivity contribution in [1.29, 1.82) is 0 Å². The Morgan fingerprint density at radius 2 is 1.50 bits per heavy atom. The second-order valence-electron chi connectivity index (χ2n) is 13.1. The van der Waals surface area contributed by atoms with E-state index < -0.39 is 0 Å². The highest BCUT2D eigenvalue weighted by molar-refractivity contribution is 5.74. The average Bonchev–Trinajstić information content (AvgIpc) is 2.95. The molecule has 0 unspecified atom stereocenters. The van der Waals surface area contributed by atoms with Gasteiger partial charge in [0.25, 0.3) is 0 Å². The van der Waals surface area contributed by atoms with Crippen LogP contribution in [-0.2, 0) is 12.8 Å². The second-order valence-corrected chi connectivity index (χ2v) is 13.1. The molecule has 0 spiro atoms. The molecule has 0 amide bonds. The molecule has 2 aliphatic rings. The zero-order chi connectivity index (χ0) is 30.7. The van der Waals surface area contributed by atoms with Crippen LogP contribution in [0.3, 0.4) is 0 Å². The number of rotatable bonds is 10. The summed E-state index contributed by atoms with van der Waals surface area (Å²) >= 11 is 0. The molecule has 4 rings (SSSR count). The minimum atomic E-state index is -0.333. The third-order valence-corrected chi connectivity index (χ3v) is 9.39. The normalized spacial score (nSPS) is 23.0. The Labute approximate surface area is 253 Å². The Morgan fingerprint density at radius 3 is 2.10 bits per heavy atom. The summed E-state index contributed by atoms with van der Waals surface area (Å²) in [7, 11) is 5.12. The van der Waals surface area contributed by atoms with Crippen LogP contribution in [0.5, 0.6) is 23.0 Å². The van der Waals surface area contributed by atoms with Crippen molar-refractivity contribution in [2.45, 2.75) is 91.8 Å². The van der Waals surface area contributed by atoms with Gasteiger partial charge in [-0.3, -0.25) is 0 Å². The van der Waals surface area contributed by atoms with E-state index >= 15 is 0 Å². The molecular formula is C37H50O5. The summed E-state index contributed by atoms with van der Waals surface area (Å²) in [6, 6.07) is 8.36. The minimum absolute atomic E-state index is 0.205. The van der Waals surface area contributed by atoms with Gasteiger partial charge in [0, 0.05) is 11.5 Å². The third-order valence-electron chi connectivity index (χ3n) is 9.39. The van der Waals surface area contributed by atoms with E-state index in [-0.39, 0.29) is 23.0 Å². The van der Waals surface area contributed by atoms with Crippen LogP contribution in [0.2, 0.25) is 0 Å². The van der Waals surface area contributed by atoms with Crippen molar-refractivity contribution in [2.24, 2.45) is 11.3 Å². The van der Waals surface area contributed by atoms with Crippen molar-refractivity contribution in [1.82, 2.24) is 0 Å². The van der Waals surface area contributed by atoms with E-state index in [0.29, 0.717) is 0 Å². The van der Waals surface area contributed by atoms with Crippen LogP contribution in [-0.4, -0.2) is 38.1 Å². The highest BCUT2D eigenvalue weighted by Gasteiger charge is 2.54. The van der Waals surface area contributed by atoms with Crippen molar-refractivity contribution >= 4 is 12.2 Å². The lowest BCUT2D eigenvalue weighted by Crippen LogP contribution is -2.58. The first-order valence-corrected chi connectivity index (χ1v) is 15.2. The van der Waals surface area contributed by atoms with Crippen molar-refractivity contribution in [3.8, 4) is 23.0 Å². The van der Waals surface area contributed by atoms with E-state index in [1.54, 1.807) is 21.3 Å². The van der Waals surface area contributed by atoms with Gasteiger partial charge < -0.3 is 24.1 Å². The van der Waals surface area contributed by atoms with E-state index in [4.69, 9.17) is 18.9 Å². The lowest BCUT2D eigenvalue weighted by Gasteiger charge is -2.55. The number of ether oxygens (including phenoxy) is 4. The van der Waals surface area contributed by atoms with Crippen LogP contribution in [0.4, 0.5) is 0 Å². The summed E-state index contributed by atoms with van der Waals surface area (Å²) in [6.07, 6.45) is 13.7. The van der Waals surface area contributed by atoms with Gasteiger partial charge in [-0.2, -0.15) is 0 Å². The molecule has 1 saturated carbocycles. The molecule has 0 saturated heterocycles.